The van der Waals surface area contributed by atoms with Crippen molar-refractivity contribution in [1.82, 2.24) is 20.3 Å². The standard InChI is InChI=1S/C23H30N4O4/c1-6-14-19(21(28)30-7-2)17(27-20(14)22(29)31-23(3,4)5)12-24-13-18-25-15-10-8-9-11-16(15)26-18/h8-11,24,27H,6-7,12-13H2,1-5H3,(H,25,26). The second-order valence-electron chi connectivity index (χ2n) is 8.21. The fourth-order valence-corrected chi connectivity index (χ4v) is 3.43. The first-order chi connectivity index (χ1) is 14.7. The Bertz CT molecular complexity index is 1040. The first-order valence-electron chi connectivity index (χ1n) is 10.5. The van der Waals surface area contributed by atoms with Crippen molar-refractivity contribution >= 4 is 23.0 Å². The number of rotatable bonds is 8. The molecule has 1 aromatic carbocycles. The van der Waals surface area contributed by atoms with Gasteiger partial charge in [-0.05, 0) is 51.8 Å². The van der Waals surface area contributed by atoms with Gasteiger partial charge < -0.3 is 24.8 Å². The summed E-state index contributed by atoms with van der Waals surface area (Å²) < 4.78 is 10.8. The SMILES string of the molecule is CCOC(=O)c1c(CNCc2nc3ccccc3[nH]2)[nH]c(C(=O)OC(C)(C)C)c1CC. The molecule has 2 heterocycles. The van der Waals surface area contributed by atoms with E-state index < -0.39 is 17.5 Å². The summed E-state index contributed by atoms with van der Waals surface area (Å²) in [7, 11) is 0. The normalized spacial score (nSPS) is 11.6. The Morgan fingerprint density at radius 2 is 1.81 bits per heavy atom. The highest BCUT2D eigenvalue weighted by atomic mass is 16.6. The predicted octanol–water partition coefficient (Wildman–Crippen LogP) is 3.88. The number of fused-ring (bicyclic) bond motifs is 1. The van der Waals surface area contributed by atoms with Crippen LogP contribution in [0.2, 0.25) is 0 Å². The van der Waals surface area contributed by atoms with Crippen molar-refractivity contribution in [2.45, 2.75) is 59.7 Å². The number of imidazole rings is 1. The maximum Gasteiger partial charge on any atom is 0.355 e. The van der Waals surface area contributed by atoms with Crippen LogP contribution in [-0.4, -0.2) is 39.1 Å². The number of aromatic amines is 2. The van der Waals surface area contributed by atoms with E-state index in [1.165, 1.54) is 0 Å². The van der Waals surface area contributed by atoms with E-state index in [4.69, 9.17) is 9.47 Å². The molecule has 0 amide bonds. The molecule has 0 aliphatic heterocycles. The summed E-state index contributed by atoms with van der Waals surface area (Å²) in [4.78, 5) is 36.3. The minimum Gasteiger partial charge on any atom is -0.462 e. The number of carbonyl (C=O) groups excluding carboxylic acids is 2. The Morgan fingerprint density at radius 3 is 2.45 bits per heavy atom. The zero-order chi connectivity index (χ0) is 22.6. The van der Waals surface area contributed by atoms with E-state index in [9.17, 15) is 9.59 Å². The number of H-pyrrole nitrogens is 2. The van der Waals surface area contributed by atoms with Gasteiger partial charge in [-0.2, -0.15) is 0 Å². The second kappa shape index (κ2) is 9.34. The van der Waals surface area contributed by atoms with E-state index in [1.54, 1.807) is 6.92 Å². The van der Waals surface area contributed by atoms with Crippen LogP contribution < -0.4 is 5.32 Å². The Labute approximate surface area is 181 Å². The number of carbonyl (C=O) groups is 2. The van der Waals surface area contributed by atoms with E-state index in [-0.39, 0.29) is 6.61 Å². The van der Waals surface area contributed by atoms with E-state index in [0.29, 0.717) is 42.0 Å². The smallest absolute Gasteiger partial charge is 0.355 e. The predicted molar refractivity (Wildman–Crippen MR) is 118 cm³/mol. The summed E-state index contributed by atoms with van der Waals surface area (Å²) in [6.07, 6.45) is 0.489. The molecule has 31 heavy (non-hydrogen) atoms. The van der Waals surface area contributed by atoms with E-state index in [1.807, 2.05) is 52.0 Å². The number of aromatic nitrogens is 3. The highest BCUT2D eigenvalue weighted by Crippen LogP contribution is 2.24. The van der Waals surface area contributed by atoms with Gasteiger partial charge in [0.1, 0.15) is 17.1 Å². The number of esters is 2. The Kier molecular flexibility index (Phi) is 6.80. The third-order valence-corrected chi connectivity index (χ3v) is 4.65. The first kappa shape index (κ1) is 22.6. The van der Waals surface area contributed by atoms with Crippen LogP contribution in [0.3, 0.4) is 0 Å². The summed E-state index contributed by atoms with van der Waals surface area (Å²) in [5, 5.41) is 3.28. The molecule has 0 spiro atoms. The van der Waals surface area contributed by atoms with Crippen molar-refractivity contribution in [3.05, 3.63) is 52.6 Å². The second-order valence-corrected chi connectivity index (χ2v) is 8.21. The highest BCUT2D eigenvalue weighted by molar-refractivity contribution is 5.99. The molecule has 2 aromatic heterocycles. The third-order valence-electron chi connectivity index (χ3n) is 4.65. The molecule has 0 atom stereocenters. The number of hydrogen-bond donors (Lipinski definition) is 3. The molecule has 166 valence electrons. The van der Waals surface area contributed by atoms with E-state index >= 15 is 0 Å². The van der Waals surface area contributed by atoms with Crippen LogP contribution in [0.15, 0.2) is 24.3 Å². The fourth-order valence-electron chi connectivity index (χ4n) is 3.43. The molecule has 3 N–H and O–H groups in total. The average molecular weight is 427 g/mol. The lowest BCUT2D eigenvalue weighted by Gasteiger charge is -2.19. The van der Waals surface area contributed by atoms with E-state index in [2.05, 4.69) is 20.3 Å². The molecule has 0 saturated carbocycles. The molecule has 3 rings (SSSR count). The molecule has 0 radical (unpaired) electrons. The van der Waals surface area contributed by atoms with Gasteiger partial charge in [-0.3, -0.25) is 0 Å². The molecule has 0 fully saturated rings. The van der Waals surface area contributed by atoms with Crippen LogP contribution in [0.5, 0.6) is 0 Å². The Balaban J connectivity index is 1.84. The van der Waals surface area contributed by atoms with Crippen molar-refractivity contribution in [3.8, 4) is 0 Å². The molecule has 0 aliphatic carbocycles. The first-order valence-corrected chi connectivity index (χ1v) is 10.5. The number of para-hydroxylation sites is 2. The van der Waals surface area contributed by atoms with Gasteiger partial charge in [0.15, 0.2) is 0 Å². The van der Waals surface area contributed by atoms with Crippen molar-refractivity contribution in [2.24, 2.45) is 0 Å². The third kappa shape index (κ3) is 5.32. The zero-order valence-electron chi connectivity index (χ0n) is 18.7. The number of ether oxygens (including phenoxy) is 2. The van der Waals surface area contributed by atoms with Crippen molar-refractivity contribution in [1.29, 1.82) is 0 Å². The molecular formula is C23H30N4O4. The lowest BCUT2D eigenvalue weighted by atomic mass is 10.1. The van der Waals surface area contributed by atoms with Crippen LogP contribution in [0.1, 0.15) is 72.5 Å². The van der Waals surface area contributed by atoms with Gasteiger partial charge in [-0.25, -0.2) is 14.6 Å². The van der Waals surface area contributed by atoms with Crippen LogP contribution in [0.4, 0.5) is 0 Å². The van der Waals surface area contributed by atoms with Gasteiger partial charge in [-0.15, -0.1) is 0 Å². The summed E-state index contributed by atoms with van der Waals surface area (Å²) >= 11 is 0. The Hall–Kier alpha value is -3.13. The quantitative estimate of drug-likeness (QED) is 0.472. The number of nitrogens with one attached hydrogen (secondary N) is 3. The van der Waals surface area contributed by atoms with Crippen LogP contribution >= 0.6 is 0 Å². The lowest BCUT2D eigenvalue weighted by molar-refractivity contribution is 0.00621. The Morgan fingerprint density at radius 1 is 1.06 bits per heavy atom. The lowest BCUT2D eigenvalue weighted by Crippen LogP contribution is -2.24. The molecule has 0 saturated heterocycles. The summed E-state index contributed by atoms with van der Waals surface area (Å²) in [5.41, 5.74) is 3.10. The largest absolute Gasteiger partial charge is 0.462 e. The number of nitrogens with zero attached hydrogens (tertiary/aromatic N) is 1. The maximum atomic E-state index is 12.7. The van der Waals surface area contributed by atoms with Crippen molar-refractivity contribution in [2.75, 3.05) is 6.61 Å². The summed E-state index contributed by atoms with van der Waals surface area (Å²) in [6, 6.07) is 7.80. The van der Waals surface area contributed by atoms with Crippen molar-refractivity contribution < 1.29 is 19.1 Å². The minimum atomic E-state index is -0.642. The average Bonchev–Trinajstić information content (AvgIpc) is 3.27. The molecule has 8 heteroatoms. The van der Waals surface area contributed by atoms with Gasteiger partial charge in [0.2, 0.25) is 0 Å². The van der Waals surface area contributed by atoms with Crippen LogP contribution in [0, 0.1) is 0 Å². The molecule has 0 bridgehead atoms. The minimum absolute atomic E-state index is 0.251. The summed E-state index contributed by atoms with van der Waals surface area (Å²) in [5.74, 6) is -0.155. The van der Waals surface area contributed by atoms with Gasteiger partial charge in [0.05, 0.1) is 29.7 Å². The van der Waals surface area contributed by atoms with Crippen LogP contribution in [0.25, 0.3) is 11.0 Å². The maximum absolute atomic E-state index is 12.7. The molecule has 3 aromatic rings. The van der Waals surface area contributed by atoms with E-state index in [0.717, 1.165) is 16.9 Å². The van der Waals surface area contributed by atoms with Crippen LogP contribution in [-0.2, 0) is 29.0 Å². The van der Waals surface area contributed by atoms with Gasteiger partial charge in [0.25, 0.3) is 0 Å². The van der Waals surface area contributed by atoms with Gasteiger partial charge in [-0.1, -0.05) is 19.1 Å². The number of hydrogen-bond acceptors (Lipinski definition) is 6. The van der Waals surface area contributed by atoms with Crippen molar-refractivity contribution in [3.63, 3.8) is 0 Å². The van der Waals surface area contributed by atoms with Gasteiger partial charge >= 0.3 is 11.9 Å². The molecule has 0 unspecified atom stereocenters. The topological polar surface area (TPSA) is 109 Å². The highest BCUT2D eigenvalue weighted by Gasteiger charge is 2.29. The summed E-state index contributed by atoms with van der Waals surface area (Å²) in [6.45, 7) is 10.1. The zero-order valence-corrected chi connectivity index (χ0v) is 18.7. The number of benzene rings is 1. The molecular weight excluding hydrogens is 396 g/mol. The monoisotopic (exact) mass is 426 g/mol. The molecule has 8 nitrogen and oxygen atoms in total. The molecule has 0 aliphatic rings. The van der Waals surface area contributed by atoms with Gasteiger partial charge in [0, 0.05) is 12.2 Å². The fraction of sp³-hybridized carbons (Fsp3) is 0.435.